The number of halogens is 3. The minimum atomic E-state index is -4.42. The van der Waals surface area contributed by atoms with E-state index >= 15 is 0 Å². The number of rotatable bonds is 5. The van der Waals surface area contributed by atoms with Crippen molar-refractivity contribution in [3.05, 3.63) is 23.9 Å². The van der Waals surface area contributed by atoms with Gasteiger partial charge in [-0.1, -0.05) is 13.8 Å². The lowest BCUT2D eigenvalue weighted by molar-refractivity contribution is -0.141. The molecule has 0 bridgehead atoms. The Bertz CT molecular complexity index is 982. The largest absolute Gasteiger partial charge is 0.434 e. The molecular formula is C20H26F3N7O. The maximum atomic E-state index is 12.7. The summed E-state index contributed by atoms with van der Waals surface area (Å²) in [4.78, 5) is 26.9. The summed E-state index contributed by atoms with van der Waals surface area (Å²) < 4.78 is 39.5. The van der Waals surface area contributed by atoms with Gasteiger partial charge in [0.25, 0.3) is 0 Å². The second-order valence-electron chi connectivity index (χ2n) is 8.75. The molecule has 2 aliphatic rings. The second-order valence-corrected chi connectivity index (χ2v) is 8.75. The first-order chi connectivity index (χ1) is 14.5. The van der Waals surface area contributed by atoms with E-state index in [-0.39, 0.29) is 29.8 Å². The third-order valence-corrected chi connectivity index (χ3v) is 5.93. The van der Waals surface area contributed by atoms with Crippen molar-refractivity contribution in [1.82, 2.24) is 19.5 Å². The summed E-state index contributed by atoms with van der Waals surface area (Å²) in [5.74, 6) is 1.50. The summed E-state index contributed by atoms with van der Waals surface area (Å²) in [6.45, 7) is 6.31. The van der Waals surface area contributed by atoms with Crippen LogP contribution in [0.1, 0.15) is 38.1 Å². The highest BCUT2D eigenvalue weighted by molar-refractivity contribution is 6.03. The molecule has 168 valence electrons. The van der Waals surface area contributed by atoms with Crippen LogP contribution in [0.5, 0.6) is 0 Å². The average molecular weight is 437 g/mol. The number of carbonyl (C=O) groups is 1. The molecule has 1 atom stereocenters. The molecule has 1 fully saturated rings. The van der Waals surface area contributed by atoms with Gasteiger partial charge in [-0.3, -0.25) is 4.79 Å². The molecule has 0 radical (unpaired) electrons. The number of aryl methyl sites for hydroxylation is 1. The summed E-state index contributed by atoms with van der Waals surface area (Å²) in [5.41, 5.74) is 0.446. The van der Waals surface area contributed by atoms with Gasteiger partial charge in [0.1, 0.15) is 11.7 Å². The zero-order valence-corrected chi connectivity index (χ0v) is 17.9. The second kappa shape index (κ2) is 7.69. The molecule has 1 aliphatic heterocycles. The van der Waals surface area contributed by atoms with Gasteiger partial charge < -0.3 is 20.1 Å². The van der Waals surface area contributed by atoms with Gasteiger partial charge in [-0.15, -0.1) is 0 Å². The van der Waals surface area contributed by atoms with Crippen molar-refractivity contribution in [3.8, 4) is 0 Å². The van der Waals surface area contributed by atoms with E-state index in [2.05, 4.69) is 25.6 Å². The van der Waals surface area contributed by atoms with Crippen molar-refractivity contribution < 1.29 is 18.0 Å². The molecule has 0 unspecified atom stereocenters. The predicted octanol–water partition coefficient (Wildman–Crippen LogP) is 3.30. The molecule has 0 saturated heterocycles. The fourth-order valence-electron chi connectivity index (χ4n) is 4.37. The van der Waals surface area contributed by atoms with Crippen molar-refractivity contribution in [2.75, 3.05) is 22.6 Å². The maximum absolute atomic E-state index is 12.7. The van der Waals surface area contributed by atoms with Crippen LogP contribution in [-0.4, -0.2) is 44.6 Å². The van der Waals surface area contributed by atoms with Crippen LogP contribution in [0.25, 0.3) is 0 Å². The zero-order chi connectivity index (χ0) is 22.5. The number of hydrogen-bond acceptors (Lipinski definition) is 6. The normalized spacial score (nSPS) is 23.4. The number of alkyl halides is 3. The van der Waals surface area contributed by atoms with Gasteiger partial charge in [0, 0.05) is 25.8 Å². The number of nitrogens with one attached hydrogen (secondary N) is 2. The monoisotopic (exact) mass is 437 g/mol. The van der Waals surface area contributed by atoms with Crippen molar-refractivity contribution in [1.29, 1.82) is 0 Å². The number of carbonyl (C=O) groups excluding carboxylic acids is 1. The molecular weight excluding hydrogens is 411 g/mol. The molecule has 2 aromatic heterocycles. The Balaban J connectivity index is 1.39. The molecule has 2 N–H and O–H groups in total. The first-order valence-electron chi connectivity index (χ1n) is 10.3. The summed E-state index contributed by atoms with van der Waals surface area (Å²) in [7, 11) is 1.86. The standard InChI is InChI=1S/C20H26F3N7O/c1-10(2)16-18(31)27-15-11(3)25-19(28-17(15)29(16)4)26-13-5-12(6-13)7-30-8-14(24-9-30)20(21,22)23/h8-10,12-13,16H,5-7H2,1-4H3,(H,27,31)(H,25,26,28)/t12-,13+,16-/m0/s1. The van der Waals surface area contributed by atoms with E-state index in [4.69, 9.17) is 0 Å². The quantitative estimate of drug-likeness (QED) is 0.746. The first kappa shape index (κ1) is 21.4. The summed E-state index contributed by atoms with van der Waals surface area (Å²) in [5, 5.41) is 6.25. The molecule has 4 rings (SSSR count). The summed E-state index contributed by atoms with van der Waals surface area (Å²) in [6.07, 6.45) is -0.529. The number of amides is 1. The van der Waals surface area contributed by atoms with Crippen LogP contribution in [0.2, 0.25) is 0 Å². The Morgan fingerprint density at radius 3 is 2.61 bits per heavy atom. The van der Waals surface area contributed by atoms with Gasteiger partial charge in [-0.05, 0) is 31.6 Å². The molecule has 31 heavy (non-hydrogen) atoms. The fourth-order valence-corrected chi connectivity index (χ4v) is 4.37. The molecule has 1 aliphatic carbocycles. The van der Waals surface area contributed by atoms with E-state index in [0.29, 0.717) is 29.7 Å². The van der Waals surface area contributed by atoms with Crippen molar-refractivity contribution >= 4 is 23.4 Å². The molecule has 1 saturated carbocycles. The molecule has 2 aromatic rings. The smallest absolute Gasteiger partial charge is 0.351 e. The van der Waals surface area contributed by atoms with Gasteiger partial charge in [0.05, 0.1) is 12.0 Å². The minimum absolute atomic E-state index is 0.0626. The van der Waals surface area contributed by atoms with Crippen LogP contribution in [0.3, 0.4) is 0 Å². The van der Waals surface area contributed by atoms with Gasteiger partial charge >= 0.3 is 6.18 Å². The lowest BCUT2D eigenvalue weighted by Gasteiger charge is -2.38. The van der Waals surface area contributed by atoms with E-state index in [1.54, 1.807) is 0 Å². The Hall–Kier alpha value is -2.85. The molecule has 1 amide bonds. The summed E-state index contributed by atoms with van der Waals surface area (Å²) in [6, 6.07) is -0.156. The third kappa shape index (κ3) is 4.17. The third-order valence-electron chi connectivity index (χ3n) is 5.93. The van der Waals surface area contributed by atoms with Gasteiger partial charge in [-0.25, -0.2) is 9.97 Å². The molecule has 0 spiro atoms. The number of imidazole rings is 1. The van der Waals surface area contributed by atoms with Crippen LogP contribution in [0.15, 0.2) is 12.5 Å². The number of fused-ring (bicyclic) bond motifs is 1. The minimum Gasteiger partial charge on any atom is -0.351 e. The van der Waals surface area contributed by atoms with Gasteiger partial charge in [-0.2, -0.15) is 18.2 Å². The number of aromatic nitrogens is 4. The van der Waals surface area contributed by atoms with Crippen molar-refractivity contribution in [2.45, 2.75) is 58.4 Å². The van der Waals surface area contributed by atoms with Crippen LogP contribution >= 0.6 is 0 Å². The molecule has 8 nitrogen and oxygen atoms in total. The lowest BCUT2D eigenvalue weighted by Crippen LogP contribution is -2.50. The van der Waals surface area contributed by atoms with Crippen LogP contribution < -0.4 is 15.5 Å². The van der Waals surface area contributed by atoms with E-state index in [9.17, 15) is 18.0 Å². The molecule has 3 heterocycles. The molecule has 11 heteroatoms. The number of anilines is 3. The highest BCUT2D eigenvalue weighted by Gasteiger charge is 2.37. The van der Waals surface area contributed by atoms with Crippen LogP contribution in [0, 0.1) is 18.8 Å². The topological polar surface area (TPSA) is 88.0 Å². The Morgan fingerprint density at radius 1 is 1.29 bits per heavy atom. The number of likely N-dealkylation sites (N-methyl/N-ethyl adjacent to an activating group) is 1. The van der Waals surface area contributed by atoms with Crippen LogP contribution in [-0.2, 0) is 17.5 Å². The SMILES string of the molecule is Cc1nc(N[C@H]2C[C@@H](Cn3cnc(C(F)(F)F)c3)C2)nc2c1NC(=O)[C@H](C(C)C)N2C. The average Bonchev–Trinajstić information content (AvgIpc) is 3.10. The maximum Gasteiger partial charge on any atom is 0.434 e. The highest BCUT2D eigenvalue weighted by Crippen LogP contribution is 2.36. The Morgan fingerprint density at radius 2 is 2.00 bits per heavy atom. The lowest BCUT2D eigenvalue weighted by atomic mass is 9.80. The van der Waals surface area contributed by atoms with Crippen molar-refractivity contribution in [3.63, 3.8) is 0 Å². The number of nitrogens with zero attached hydrogens (tertiary/aromatic N) is 5. The highest BCUT2D eigenvalue weighted by atomic mass is 19.4. The Kier molecular flexibility index (Phi) is 5.30. The molecule has 0 aromatic carbocycles. The van der Waals surface area contributed by atoms with Gasteiger partial charge in [0.2, 0.25) is 11.9 Å². The Labute approximate surface area is 178 Å². The van der Waals surface area contributed by atoms with E-state index < -0.39 is 11.9 Å². The fraction of sp³-hybridized carbons (Fsp3) is 0.600. The first-order valence-corrected chi connectivity index (χ1v) is 10.3. The van der Waals surface area contributed by atoms with Crippen LogP contribution in [0.4, 0.5) is 30.6 Å². The number of hydrogen-bond donors (Lipinski definition) is 2. The van der Waals surface area contributed by atoms with Crippen molar-refractivity contribution in [2.24, 2.45) is 11.8 Å². The van der Waals surface area contributed by atoms with E-state index in [1.165, 1.54) is 10.9 Å². The van der Waals surface area contributed by atoms with Gasteiger partial charge in [0.15, 0.2) is 11.5 Å². The summed E-state index contributed by atoms with van der Waals surface area (Å²) >= 11 is 0. The van der Waals surface area contributed by atoms with E-state index in [0.717, 1.165) is 19.0 Å². The zero-order valence-electron chi connectivity index (χ0n) is 17.9. The predicted molar refractivity (Wildman–Crippen MR) is 110 cm³/mol. The van der Waals surface area contributed by atoms with E-state index in [1.807, 2.05) is 32.7 Å².